The van der Waals surface area contributed by atoms with Gasteiger partial charge in [-0.25, -0.2) is 4.79 Å². The van der Waals surface area contributed by atoms with Crippen molar-refractivity contribution in [3.05, 3.63) is 28.8 Å². The molecule has 1 fully saturated rings. The van der Waals surface area contributed by atoms with Crippen LogP contribution in [0.1, 0.15) is 36.0 Å². The number of halogens is 1. The number of rotatable bonds is 3. The third-order valence-corrected chi connectivity index (χ3v) is 4.04. The predicted octanol–water partition coefficient (Wildman–Crippen LogP) is 2.58. The number of methoxy groups -OCH3 is 1. The molecule has 0 aromatic heterocycles. The molecule has 6 heteroatoms. The Morgan fingerprint density at radius 1 is 1.33 bits per heavy atom. The van der Waals surface area contributed by atoms with Crippen LogP contribution in [-0.4, -0.2) is 25.0 Å². The van der Waals surface area contributed by atoms with Crippen molar-refractivity contribution in [1.29, 1.82) is 0 Å². The number of hydrogen-bond acceptors (Lipinski definition) is 4. The number of anilines is 1. The van der Waals surface area contributed by atoms with Gasteiger partial charge in [0, 0.05) is 11.1 Å². The zero-order valence-corrected chi connectivity index (χ0v) is 12.7. The van der Waals surface area contributed by atoms with Crippen LogP contribution in [0.2, 0.25) is 5.02 Å². The summed E-state index contributed by atoms with van der Waals surface area (Å²) in [4.78, 5) is 24.1. The molecule has 2 rings (SSSR count). The second-order valence-corrected chi connectivity index (χ2v) is 5.66. The van der Waals surface area contributed by atoms with Crippen molar-refractivity contribution in [2.45, 2.75) is 31.7 Å². The summed E-state index contributed by atoms with van der Waals surface area (Å²) in [5.41, 5.74) is 6.64. The Labute approximate surface area is 128 Å². The van der Waals surface area contributed by atoms with Crippen LogP contribution in [0.3, 0.4) is 0 Å². The molecule has 0 aliphatic heterocycles. The molecule has 2 unspecified atom stereocenters. The van der Waals surface area contributed by atoms with Crippen LogP contribution < -0.4 is 11.1 Å². The first-order valence-electron chi connectivity index (χ1n) is 6.97. The van der Waals surface area contributed by atoms with Crippen LogP contribution in [0.5, 0.6) is 0 Å². The van der Waals surface area contributed by atoms with Crippen LogP contribution >= 0.6 is 11.6 Å². The summed E-state index contributed by atoms with van der Waals surface area (Å²) in [6, 6.07) is 4.51. The van der Waals surface area contributed by atoms with E-state index in [1.54, 1.807) is 12.1 Å². The van der Waals surface area contributed by atoms with Crippen molar-refractivity contribution >= 4 is 29.2 Å². The van der Waals surface area contributed by atoms with E-state index in [-0.39, 0.29) is 23.4 Å². The summed E-state index contributed by atoms with van der Waals surface area (Å²) in [5.74, 6) is -0.923. The number of nitrogens with one attached hydrogen (secondary N) is 1. The molecule has 3 N–H and O–H groups in total. The molecule has 1 aromatic rings. The predicted molar refractivity (Wildman–Crippen MR) is 81.4 cm³/mol. The van der Waals surface area contributed by atoms with Crippen LogP contribution in [0.15, 0.2) is 18.2 Å². The minimum Gasteiger partial charge on any atom is -0.465 e. The number of ether oxygens (including phenoxy) is 1. The van der Waals surface area contributed by atoms with Crippen molar-refractivity contribution in [1.82, 2.24) is 0 Å². The van der Waals surface area contributed by atoms with Gasteiger partial charge in [0.2, 0.25) is 5.91 Å². The molecule has 1 saturated carbocycles. The molecule has 0 radical (unpaired) electrons. The molecule has 0 saturated heterocycles. The Kier molecular flexibility index (Phi) is 5.20. The van der Waals surface area contributed by atoms with Crippen molar-refractivity contribution in [3.63, 3.8) is 0 Å². The largest absolute Gasteiger partial charge is 0.465 e. The SMILES string of the molecule is COC(=O)c1ccc(Cl)cc1NC(=O)C1CCCCC1N. The van der Waals surface area contributed by atoms with Gasteiger partial charge in [-0.05, 0) is 31.0 Å². The maximum atomic E-state index is 12.4. The standard InChI is InChI=1S/C15H19ClN2O3/c1-21-15(20)11-7-6-9(16)8-13(11)18-14(19)10-4-2-3-5-12(10)17/h6-8,10,12H,2-5,17H2,1H3,(H,18,19). The first-order chi connectivity index (χ1) is 10.0. The monoisotopic (exact) mass is 310 g/mol. The Morgan fingerprint density at radius 2 is 2.05 bits per heavy atom. The van der Waals surface area contributed by atoms with E-state index in [2.05, 4.69) is 5.32 Å². The summed E-state index contributed by atoms with van der Waals surface area (Å²) < 4.78 is 4.71. The maximum Gasteiger partial charge on any atom is 0.339 e. The number of amides is 1. The highest BCUT2D eigenvalue weighted by atomic mass is 35.5. The number of nitrogens with two attached hydrogens (primary N) is 1. The minimum absolute atomic E-state index is 0.139. The first kappa shape index (κ1) is 15.8. The van der Waals surface area contributed by atoms with Gasteiger partial charge in [-0.1, -0.05) is 24.4 Å². The van der Waals surface area contributed by atoms with E-state index in [0.29, 0.717) is 10.7 Å². The summed E-state index contributed by atoms with van der Waals surface area (Å²) in [5, 5.41) is 3.20. The lowest BCUT2D eigenvalue weighted by Crippen LogP contribution is -2.40. The van der Waals surface area contributed by atoms with Gasteiger partial charge in [-0.3, -0.25) is 4.79 Å². The van der Waals surface area contributed by atoms with Crippen LogP contribution in [-0.2, 0) is 9.53 Å². The fraction of sp³-hybridized carbons (Fsp3) is 0.467. The zero-order valence-electron chi connectivity index (χ0n) is 11.9. The Bertz CT molecular complexity index is 548. The maximum absolute atomic E-state index is 12.4. The minimum atomic E-state index is -0.519. The Balaban J connectivity index is 2.19. The van der Waals surface area contributed by atoms with Crippen molar-refractivity contribution in [2.24, 2.45) is 11.7 Å². The van der Waals surface area contributed by atoms with Crippen LogP contribution in [0.4, 0.5) is 5.69 Å². The van der Waals surface area contributed by atoms with Gasteiger partial charge in [-0.15, -0.1) is 0 Å². The lowest BCUT2D eigenvalue weighted by molar-refractivity contribution is -0.121. The van der Waals surface area contributed by atoms with Gasteiger partial charge in [0.15, 0.2) is 0 Å². The molecule has 0 heterocycles. The van der Waals surface area contributed by atoms with E-state index in [9.17, 15) is 9.59 Å². The average Bonchev–Trinajstić information content (AvgIpc) is 2.47. The molecule has 5 nitrogen and oxygen atoms in total. The van der Waals surface area contributed by atoms with E-state index in [0.717, 1.165) is 25.7 Å². The Hall–Kier alpha value is -1.59. The topological polar surface area (TPSA) is 81.4 Å². The van der Waals surface area contributed by atoms with E-state index in [4.69, 9.17) is 22.1 Å². The number of esters is 1. The molecular formula is C15H19ClN2O3. The van der Waals surface area contributed by atoms with Crippen molar-refractivity contribution in [2.75, 3.05) is 12.4 Å². The molecular weight excluding hydrogens is 292 g/mol. The first-order valence-corrected chi connectivity index (χ1v) is 7.35. The smallest absolute Gasteiger partial charge is 0.339 e. The number of carbonyl (C=O) groups is 2. The molecule has 2 atom stereocenters. The molecule has 21 heavy (non-hydrogen) atoms. The summed E-state index contributed by atoms with van der Waals surface area (Å²) >= 11 is 5.93. The lowest BCUT2D eigenvalue weighted by atomic mass is 9.84. The average molecular weight is 311 g/mol. The molecule has 1 aromatic carbocycles. The number of benzene rings is 1. The van der Waals surface area contributed by atoms with Gasteiger partial charge in [0.05, 0.1) is 24.3 Å². The van der Waals surface area contributed by atoms with E-state index >= 15 is 0 Å². The summed E-state index contributed by atoms with van der Waals surface area (Å²) in [7, 11) is 1.29. The van der Waals surface area contributed by atoms with E-state index in [1.807, 2.05) is 0 Å². The molecule has 114 valence electrons. The molecule has 1 amide bonds. The lowest BCUT2D eigenvalue weighted by Gasteiger charge is -2.27. The quantitative estimate of drug-likeness (QED) is 0.841. The van der Waals surface area contributed by atoms with Gasteiger partial charge >= 0.3 is 5.97 Å². The highest BCUT2D eigenvalue weighted by Gasteiger charge is 2.29. The van der Waals surface area contributed by atoms with Crippen LogP contribution in [0, 0.1) is 5.92 Å². The van der Waals surface area contributed by atoms with Gasteiger partial charge in [-0.2, -0.15) is 0 Å². The van der Waals surface area contributed by atoms with E-state index in [1.165, 1.54) is 13.2 Å². The summed E-state index contributed by atoms with van der Waals surface area (Å²) in [6.07, 6.45) is 3.65. The molecule has 1 aliphatic rings. The second-order valence-electron chi connectivity index (χ2n) is 5.23. The van der Waals surface area contributed by atoms with Gasteiger partial charge in [0.25, 0.3) is 0 Å². The summed E-state index contributed by atoms with van der Waals surface area (Å²) in [6.45, 7) is 0. The third-order valence-electron chi connectivity index (χ3n) is 3.80. The Morgan fingerprint density at radius 3 is 2.71 bits per heavy atom. The van der Waals surface area contributed by atoms with Crippen molar-refractivity contribution in [3.8, 4) is 0 Å². The molecule has 1 aliphatic carbocycles. The zero-order chi connectivity index (χ0) is 15.4. The number of carbonyl (C=O) groups excluding carboxylic acids is 2. The normalized spacial score (nSPS) is 21.7. The third kappa shape index (κ3) is 3.74. The highest BCUT2D eigenvalue weighted by Crippen LogP contribution is 2.27. The van der Waals surface area contributed by atoms with Crippen LogP contribution in [0.25, 0.3) is 0 Å². The highest BCUT2D eigenvalue weighted by molar-refractivity contribution is 6.31. The van der Waals surface area contributed by atoms with E-state index < -0.39 is 5.97 Å². The molecule has 0 spiro atoms. The number of hydrogen-bond donors (Lipinski definition) is 2. The van der Waals surface area contributed by atoms with Gasteiger partial charge < -0.3 is 15.8 Å². The van der Waals surface area contributed by atoms with Crippen molar-refractivity contribution < 1.29 is 14.3 Å². The van der Waals surface area contributed by atoms with Gasteiger partial charge in [0.1, 0.15) is 0 Å². The molecule has 0 bridgehead atoms. The fourth-order valence-electron chi connectivity index (χ4n) is 2.62. The fourth-order valence-corrected chi connectivity index (χ4v) is 2.79. The second kappa shape index (κ2) is 6.91.